The second-order valence-electron chi connectivity index (χ2n) is 4.48. The van der Waals surface area contributed by atoms with Gasteiger partial charge >= 0.3 is 0 Å². The number of nitrogens with one attached hydrogen (secondary N) is 1. The summed E-state index contributed by atoms with van der Waals surface area (Å²) in [5.74, 6) is 0.561. The number of fused-ring (bicyclic) bond motifs is 1. The third-order valence-electron chi connectivity index (χ3n) is 2.96. The van der Waals surface area contributed by atoms with Crippen molar-refractivity contribution in [3.63, 3.8) is 0 Å². The minimum atomic E-state index is 0.561. The monoisotopic (exact) mass is 272 g/mol. The van der Waals surface area contributed by atoms with E-state index in [1.807, 2.05) is 36.0 Å². The van der Waals surface area contributed by atoms with Crippen LogP contribution in [0.3, 0.4) is 0 Å². The summed E-state index contributed by atoms with van der Waals surface area (Å²) in [6.45, 7) is 3.34. The van der Waals surface area contributed by atoms with Crippen molar-refractivity contribution in [3.8, 4) is 0 Å². The summed E-state index contributed by atoms with van der Waals surface area (Å²) in [7, 11) is 1.67. The zero-order valence-electron chi connectivity index (χ0n) is 11.4. The van der Waals surface area contributed by atoms with E-state index in [1.165, 1.54) is 0 Å². The molecule has 3 aromatic rings. The lowest BCUT2D eigenvalue weighted by Crippen LogP contribution is -2.03. The van der Waals surface area contributed by atoms with Crippen LogP contribution in [0.4, 0.5) is 11.6 Å². The maximum atomic E-state index is 5.02. The molecule has 0 aliphatic carbocycles. The van der Waals surface area contributed by atoms with Gasteiger partial charge in [0.25, 0.3) is 0 Å². The number of hydrogen-bond acceptors (Lipinski definition) is 5. The Hall–Kier alpha value is -2.41. The molecule has 104 valence electrons. The van der Waals surface area contributed by atoms with Crippen molar-refractivity contribution in [2.24, 2.45) is 0 Å². The highest BCUT2D eigenvalue weighted by molar-refractivity contribution is 5.54. The second kappa shape index (κ2) is 5.30. The van der Waals surface area contributed by atoms with Crippen LogP contribution < -0.4 is 5.32 Å². The molecule has 20 heavy (non-hydrogen) atoms. The fourth-order valence-electron chi connectivity index (χ4n) is 1.95. The lowest BCUT2D eigenvalue weighted by molar-refractivity contribution is 0.183. The first-order valence-electron chi connectivity index (χ1n) is 6.37. The van der Waals surface area contributed by atoms with Crippen molar-refractivity contribution in [2.45, 2.75) is 13.5 Å². The Morgan fingerprint density at radius 1 is 1.35 bits per heavy atom. The molecule has 7 nitrogen and oxygen atoms in total. The topological polar surface area (TPSA) is 69.3 Å². The Labute approximate surface area is 116 Å². The zero-order valence-corrected chi connectivity index (χ0v) is 11.4. The van der Waals surface area contributed by atoms with E-state index in [1.54, 1.807) is 17.8 Å². The van der Waals surface area contributed by atoms with E-state index in [0.29, 0.717) is 12.6 Å². The van der Waals surface area contributed by atoms with Gasteiger partial charge in [-0.15, -0.1) is 5.10 Å². The minimum absolute atomic E-state index is 0.561. The maximum Gasteiger partial charge on any atom is 0.247 e. The standard InChI is InChI=1S/C13H16N6O/c1-10-4-3-5-12-16-13(17-19(10)12)15-11-8-14-18(9-11)6-7-20-2/h3-5,8-9H,6-7H2,1-2H3,(H,15,17). The SMILES string of the molecule is COCCn1cc(Nc2nc3cccc(C)n3n2)cn1. The zero-order chi connectivity index (χ0) is 13.9. The second-order valence-corrected chi connectivity index (χ2v) is 4.48. The Morgan fingerprint density at radius 3 is 3.05 bits per heavy atom. The van der Waals surface area contributed by atoms with Crippen LogP contribution in [0, 0.1) is 6.92 Å². The Bertz CT molecular complexity index is 717. The van der Waals surface area contributed by atoms with Crippen molar-refractivity contribution in [2.75, 3.05) is 19.0 Å². The molecule has 0 bridgehead atoms. The van der Waals surface area contributed by atoms with Crippen LogP contribution in [-0.4, -0.2) is 38.1 Å². The van der Waals surface area contributed by atoms with Crippen LogP contribution in [0.1, 0.15) is 5.69 Å². The van der Waals surface area contributed by atoms with Crippen molar-refractivity contribution < 1.29 is 4.74 Å². The largest absolute Gasteiger partial charge is 0.383 e. The summed E-state index contributed by atoms with van der Waals surface area (Å²) in [5.41, 5.74) is 2.72. The quantitative estimate of drug-likeness (QED) is 0.764. The van der Waals surface area contributed by atoms with Gasteiger partial charge in [-0.3, -0.25) is 4.68 Å². The van der Waals surface area contributed by atoms with Crippen molar-refractivity contribution in [3.05, 3.63) is 36.3 Å². The summed E-state index contributed by atoms with van der Waals surface area (Å²) >= 11 is 0. The predicted octanol–water partition coefficient (Wildman–Crippen LogP) is 1.62. The molecule has 3 heterocycles. The van der Waals surface area contributed by atoms with Crippen LogP contribution in [0.2, 0.25) is 0 Å². The molecule has 0 aromatic carbocycles. The lowest BCUT2D eigenvalue weighted by atomic mass is 10.4. The van der Waals surface area contributed by atoms with Crippen molar-refractivity contribution in [1.82, 2.24) is 24.4 Å². The molecule has 0 aliphatic rings. The van der Waals surface area contributed by atoms with Gasteiger partial charge in [-0.05, 0) is 19.1 Å². The predicted molar refractivity (Wildman–Crippen MR) is 75.1 cm³/mol. The molecule has 0 unspecified atom stereocenters. The number of ether oxygens (including phenoxy) is 1. The van der Waals surface area contributed by atoms with E-state index in [0.717, 1.165) is 23.6 Å². The van der Waals surface area contributed by atoms with Gasteiger partial charge in [0.1, 0.15) is 0 Å². The summed E-state index contributed by atoms with van der Waals surface area (Å²) < 4.78 is 8.63. The number of aromatic nitrogens is 5. The lowest BCUT2D eigenvalue weighted by Gasteiger charge is -1.98. The summed E-state index contributed by atoms with van der Waals surface area (Å²) in [6.07, 6.45) is 3.64. The van der Waals surface area contributed by atoms with Crippen LogP contribution in [0.15, 0.2) is 30.6 Å². The van der Waals surface area contributed by atoms with Crippen molar-refractivity contribution in [1.29, 1.82) is 0 Å². The molecule has 0 fully saturated rings. The number of rotatable bonds is 5. The fourth-order valence-corrected chi connectivity index (χ4v) is 1.95. The van der Waals surface area contributed by atoms with Gasteiger partial charge in [-0.1, -0.05) is 6.07 Å². The molecule has 0 atom stereocenters. The third-order valence-corrected chi connectivity index (χ3v) is 2.96. The highest BCUT2D eigenvalue weighted by Gasteiger charge is 2.06. The van der Waals surface area contributed by atoms with E-state index >= 15 is 0 Å². The molecular formula is C13H16N6O. The summed E-state index contributed by atoms with van der Waals surface area (Å²) in [6, 6.07) is 5.88. The minimum Gasteiger partial charge on any atom is -0.383 e. The first-order chi connectivity index (χ1) is 9.76. The van der Waals surface area contributed by atoms with Crippen LogP contribution in [-0.2, 0) is 11.3 Å². The summed E-state index contributed by atoms with van der Waals surface area (Å²) in [4.78, 5) is 4.42. The average molecular weight is 272 g/mol. The number of hydrogen-bond donors (Lipinski definition) is 1. The van der Waals surface area contributed by atoms with E-state index in [2.05, 4.69) is 20.5 Å². The molecule has 0 spiro atoms. The van der Waals surface area contributed by atoms with Gasteiger partial charge in [-0.2, -0.15) is 10.1 Å². The number of methoxy groups -OCH3 is 1. The van der Waals surface area contributed by atoms with Crippen LogP contribution in [0.5, 0.6) is 0 Å². The fraction of sp³-hybridized carbons (Fsp3) is 0.308. The molecule has 3 rings (SSSR count). The first-order valence-corrected chi connectivity index (χ1v) is 6.37. The number of nitrogens with zero attached hydrogens (tertiary/aromatic N) is 5. The highest BCUT2D eigenvalue weighted by atomic mass is 16.5. The highest BCUT2D eigenvalue weighted by Crippen LogP contribution is 2.14. The third kappa shape index (κ3) is 2.48. The van der Waals surface area contributed by atoms with Gasteiger partial charge in [0.05, 0.1) is 25.0 Å². The molecule has 7 heteroatoms. The smallest absolute Gasteiger partial charge is 0.247 e. The van der Waals surface area contributed by atoms with Gasteiger partial charge in [0, 0.05) is 19.0 Å². The Kier molecular flexibility index (Phi) is 3.34. The van der Waals surface area contributed by atoms with E-state index < -0.39 is 0 Å². The molecule has 0 aliphatic heterocycles. The molecule has 0 radical (unpaired) electrons. The molecule has 1 N–H and O–H groups in total. The molecule has 0 saturated carbocycles. The van der Waals surface area contributed by atoms with E-state index in [4.69, 9.17) is 4.74 Å². The maximum absolute atomic E-state index is 5.02. The van der Waals surface area contributed by atoms with Gasteiger partial charge in [0.2, 0.25) is 5.95 Å². The molecule has 0 amide bonds. The van der Waals surface area contributed by atoms with E-state index in [9.17, 15) is 0 Å². The molecule has 3 aromatic heterocycles. The summed E-state index contributed by atoms with van der Waals surface area (Å²) in [5, 5.41) is 11.8. The van der Waals surface area contributed by atoms with Crippen LogP contribution in [0.25, 0.3) is 5.65 Å². The Balaban J connectivity index is 1.79. The number of aryl methyl sites for hydroxylation is 1. The van der Waals surface area contributed by atoms with Crippen molar-refractivity contribution >= 4 is 17.3 Å². The molecular weight excluding hydrogens is 256 g/mol. The average Bonchev–Trinajstić information content (AvgIpc) is 3.04. The van der Waals surface area contributed by atoms with Crippen LogP contribution >= 0.6 is 0 Å². The number of anilines is 2. The van der Waals surface area contributed by atoms with Gasteiger partial charge < -0.3 is 10.1 Å². The first kappa shape index (κ1) is 12.6. The van der Waals surface area contributed by atoms with Gasteiger partial charge in [0.15, 0.2) is 5.65 Å². The number of pyridine rings is 1. The van der Waals surface area contributed by atoms with E-state index in [-0.39, 0.29) is 0 Å². The molecule has 0 saturated heterocycles. The Morgan fingerprint density at radius 2 is 2.25 bits per heavy atom. The normalized spacial score (nSPS) is 11.1. The van der Waals surface area contributed by atoms with Gasteiger partial charge in [-0.25, -0.2) is 4.52 Å².